The molecule has 0 aromatic carbocycles. The Morgan fingerprint density at radius 3 is 2.69 bits per heavy atom. The summed E-state index contributed by atoms with van der Waals surface area (Å²) in [5, 5.41) is 7.90. The Kier molecular flexibility index (Phi) is 2.51. The van der Waals surface area contributed by atoms with E-state index in [9.17, 15) is 0 Å². The molecular formula is C13H21N3. The minimum absolute atomic E-state index is 0.343. The molecule has 0 atom stereocenters. The summed E-state index contributed by atoms with van der Waals surface area (Å²) in [6.45, 7) is 0.793. The first kappa shape index (κ1) is 10.3. The van der Waals surface area contributed by atoms with Crippen LogP contribution in [0.2, 0.25) is 0 Å². The SMILES string of the molecule is NCCC1(c2n[nH]c3c2CCCC3)CCC1. The first-order valence-electron chi connectivity index (χ1n) is 6.62. The number of nitrogens with one attached hydrogen (secondary N) is 1. The van der Waals surface area contributed by atoms with Crippen LogP contribution in [0.1, 0.15) is 55.5 Å². The minimum Gasteiger partial charge on any atom is -0.330 e. The lowest BCUT2D eigenvalue weighted by molar-refractivity contribution is 0.220. The first-order valence-corrected chi connectivity index (χ1v) is 6.62. The van der Waals surface area contributed by atoms with Crippen molar-refractivity contribution in [3.8, 4) is 0 Å². The van der Waals surface area contributed by atoms with Gasteiger partial charge in [0.25, 0.3) is 0 Å². The highest BCUT2D eigenvalue weighted by Gasteiger charge is 2.42. The molecule has 1 saturated carbocycles. The van der Waals surface area contributed by atoms with Gasteiger partial charge in [0.1, 0.15) is 0 Å². The second kappa shape index (κ2) is 3.88. The molecule has 0 spiro atoms. The number of nitrogens with two attached hydrogens (primary N) is 1. The van der Waals surface area contributed by atoms with Gasteiger partial charge in [-0.3, -0.25) is 5.10 Å². The Hall–Kier alpha value is -0.830. The molecule has 1 heterocycles. The van der Waals surface area contributed by atoms with E-state index in [-0.39, 0.29) is 0 Å². The highest BCUT2D eigenvalue weighted by Crippen LogP contribution is 2.47. The van der Waals surface area contributed by atoms with E-state index in [1.165, 1.54) is 56.3 Å². The Bertz CT molecular complexity index is 377. The topological polar surface area (TPSA) is 54.7 Å². The lowest BCUT2D eigenvalue weighted by Gasteiger charge is -2.41. The fourth-order valence-corrected chi connectivity index (χ4v) is 3.40. The van der Waals surface area contributed by atoms with Crippen LogP contribution in [-0.4, -0.2) is 16.7 Å². The van der Waals surface area contributed by atoms with Gasteiger partial charge in [-0.15, -0.1) is 0 Å². The van der Waals surface area contributed by atoms with Crippen molar-refractivity contribution < 1.29 is 0 Å². The van der Waals surface area contributed by atoms with Gasteiger partial charge in [0, 0.05) is 11.1 Å². The Morgan fingerprint density at radius 1 is 1.19 bits per heavy atom. The zero-order chi connectivity index (χ0) is 11.0. The molecule has 0 amide bonds. The van der Waals surface area contributed by atoms with Gasteiger partial charge in [0.2, 0.25) is 0 Å². The van der Waals surface area contributed by atoms with Crippen molar-refractivity contribution in [2.75, 3.05) is 6.54 Å². The number of nitrogens with zero attached hydrogens (tertiary/aromatic N) is 1. The average Bonchev–Trinajstić information content (AvgIpc) is 2.68. The van der Waals surface area contributed by atoms with Crippen molar-refractivity contribution in [1.29, 1.82) is 0 Å². The highest BCUT2D eigenvalue weighted by atomic mass is 15.1. The third kappa shape index (κ3) is 1.41. The minimum atomic E-state index is 0.343. The number of aromatic amines is 1. The molecule has 0 radical (unpaired) electrons. The summed E-state index contributed by atoms with van der Waals surface area (Å²) >= 11 is 0. The second-order valence-electron chi connectivity index (χ2n) is 5.41. The van der Waals surface area contributed by atoms with Crippen molar-refractivity contribution in [2.45, 2.75) is 56.8 Å². The van der Waals surface area contributed by atoms with Crippen LogP contribution in [0.15, 0.2) is 0 Å². The van der Waals surface area contributed by atoms with Crippen LogP contribution in [0.4, 0.5) is 0 Å². The van der Waals surface area contributed by atoms with Gasteiger partial charge in [-0.05, 0) is 57.1 Å². The number of H-pyrrole nitrogens is 1. The van der Waals surface area contributed by atoms with Crippen LogP contribution in [0.3, 0.4) is 0 Å². The Balaban J connectivity index is 1.95. The van der Waals surface area contributed by atoms with Crippen molar-refractivity contribution in [3.05, 3.63) is 17.0 Å². The summed E-state index contributed by atoms with van der Waals surface area (Å²) in [6.07, 6.45) is 10.1. The van der Waals surface area contributed by atoms with Crippen molar-refractivity contribution in [3.63, 3.8) is 0 Å². The molecule has 0 saturated heterocycles. The van der Waals surface area contributed by atoms with E-state index >= 15 is 0 Å². The molecule has 3 N–H and O–H groups in total. The van der Waals surface area contributed by atoms with E-state index in [1.807, 2.05) is 0 Å². The molecule has 2 aliphatic carbocycles. The number of hydrogen-bond donors (Lipinski definition) is 2. The lowest BCUT2D eigenvalue weighted by Crippen LogP contribution is -2.37. The Labute approximate surface area is 96.8 Å². The summed E-state index contributed by atoms with van der Waals surface area (Å²) in [5.41, 5.74) is 10.4. The van der Waals surface area contributed by atoms with Crippen LogP contribution in [0.25, 0.3) is 0 Å². The third-order valence-electron chi connectivity index (χ3n) is 4.49. The quantitative estimate of drug-likeness (QED) is 0.817. The van der Waals surface area contributed by atoms with Crippen LogP contribution in [0.5, 0.6) is 0 Å². The van der Waals surface area contributed by atoms with Gasteiger partial charge in [-0.25, -0.2) is 0 Å². The maximum absolute atomic E-state index is 5.77. The lowest BCUT2D eigenvalue weighted by atomic mass is 9.63. The molecule has 0 aliphatic heterocycles. The van der Waals surface area contributed by atoms with Crippen LogP contribution in [0, 0.1) is 0 Å². The molecule has 1 fully saturated rings. The first-order chi connectivity index (χ1) is 7.86. The number of hydrogen-bond acceptors (Lipinski definition) is 2. The summed E-state index contributed by atoms with van der Waals surface area (Å²) in [6, 6.07) is 0. The van der Waals surface area contributed by atoms with Gasteiger partial charge in [0.05, 0.1) is 5.69 Å². The summed E-state index contributed by atoms with van der Waals surface area (Å²) in [5.74, 6) is 0. The highest BCUT2D eigenvalue weighted by molar-refractivity contribution is 5.35. The van der Waals surface area contributed by atoms with Crippen molar-refractivity contribution in [2.24, 2.45) is 5.73 Å². The number of aromatic nitrogens is 2. The molecule has 3 nitrogen and oxygen atoms in total. The third-order valence-corrected chi connectivity index (χ3v) is 4.49. The van der Waals surface area contributed by atoms with E-state index in [1.54, 1.807) is 5.56 Å². The second-order valence-corrected chi connectivity index (χ2v) is 5.41. The van der Waals surface area contributed by atoms with Crippen LogP contribution in [-0.2, 0) is 18.3 Å². The van der Waals surface area contributed by atoms with E-state index in [4.69, 9.17) is 5.73 Å². The molecule has 0 bridgehead atoms. The normalized spacial score (nSPS) is 22.6. The zero-order valence-electron chi connectivity index (χ0n) is 9.89. The molecule has 1 aromatic rings. The maximum atomic E-state index is 5.77. The van der Waals surface area contributed by atoms with Gasteiger partial charge in [0.15, 0.2) is 0 Å². The molecule has 3 rings (SSSR count). The molecule has 2 aliphatic rings. The Morgan fingerprint density at radius 2 is 2.00 bits per heavy atom. The average molecular weight is 219 g/mol. The van der Waals surface area contributed by atoms with E-state index in [0.29, 0.717) is 5.41 Å². The number of rotatable bonds is 3. The summed E-state index contributed by atoms with van der Waals surface area (Å²) in [4.78, 5) is 0. The van der Waals surface area contributed by atoms with Crippen LogP contribution >= 0.6 is 0 Å². The molecule has 16 heavy (non-hydrogen) atoms. The van der Waals surface area contributed by atoms with E-state index < -0.39 is 0 Å². The van der Waals surface area contributed by atoms with E-state index in [0.717, 1.165) is 13.0 Å². The molecule has 3 heteroatoms. The number of aryl methyl sites for hydroxylation is 1. The van der Waals surface area contributed by atoms with Crippen molar-refractivity contribution in [1.82, 2.24) is 10.2 Å². The molecule has 1 aromatic heterocycles. The fraction of sp³-hybridized carbons (Fsp3) is 0.769. The molecule has 88 valence electrons. The van der Waals surface area contributed by atoms with Gasteiger partial charge >= 0.3 is 0 Å². The monoisotopic (exact) mass is 219 g/mol. The molecular weight excluding hydrogens is 198 g/mol. The summed E-state index contributed by atoms with van der Waals surface area (Å²) in [7, 11) is 0. The smallest absolute Gasteiger partial charge is 0.0719 e. The zero-order valence-corrected chi connectivity index (χ0v) is 9.89. The van der Waals surface area contributed by atoms with Gasteiger partial charge in [-0.2, -0.15) is 5.10 Å². The number of fused-ring (bicyclic) bond motifs is 1. The summed E-state index contributed by atoms with van der Waals surface area (Å²) < 4.78 is 0. The van der Waals surface area contributed by atoms with Crippen LogP contribution < -0.4 is 5.73 Å². The predicted molar refractivity (Wildman–Crippen MR) is 64.4 cm³/mol. The fourth-order valence-electron chi connectivity index (χ4n) is 3.40. The van der Waals surface area contributed by atoms with Gasteiger partial charge in [-0.1, -0.05) is 6.42 Å². The standard InChI is InChI=1S/C13H21N3/c14-9-8-13(6-3-7-13)12-10-4-1-2-5-11(10)15-16-12/h1-9,14H2,(H,15,16). The maximum Gasteiger partial charge on any atom is 0.0719 e. The largest absolute Gasteiger partial charge is 0.330 e. The van der Waals surface area contributed by atoms with Gasteiger partial charge < -0.3 is 5.73 Å². The molecule has 0 unspecified atom stereocenters. The predicted octanol–water partition coefficient (Wildman–Crippen LogP) is 2.06. The van der Waals surface area contributed by atoms with Crippen molar-refractivity contribution >= 4 is 0 Å². The van der Waals surface area contributed by atoms with E-state index in [2.05, 4.69) is 10.2 Å².